The van der Waals surface area contributed by atoms with Gasteiger partial charge in [-0.3, -0.25) is 4.57 Å². The van der Waals surface area contributed by atoms with E-state index >= 15 is 0 Å². The van der Waals surface area contributed by atoms with Crippen LogP contribution in [-0.2, 0) is 6.54 Å². The lowest BCUT2D eigenvalue weighted by Gasteiger charge is -2.37. The molecular weight excluding hydrogens is 190 g/mol. The van der Waals surface area contributed by atoms with E-state index in [0.717, 1.165) is 19.6 Å². The second-order valence-electron chi connectivity index (χ2n) is 5.01. The molecule has 0 spiro atoms. The van der Waals surface area contributed by atoms with Crippen molar-refractivity contribution in [2.45, 2.75) is 26.3 Å². The highest BCUT2D eigenvalue weighted by molar-refractivity contribution is 4.85. The Labute approximate surface area is 89.9 Å². The summed E-state index contributed by atoms with van der Waals surface area (Å²) in [6.45, 7) is 5.38. The van der Waals surface area contributed by atoms with E-state index in [2.05, 4.69) is 23.9 Å². The molecule has 15 heavy (non-hydrogen) atoms. The van der Waals surface area contributed by atoms with Crippen LogP contribution in [0.25, 0.3) is 0 Å². The summed E-state index contributed by atoms with van der Waals surface area (Å²) in [5.41, 5.74) is 0.286. The van der Waals surface area contributed by atoms with Crippen molar-refractivity contribution >= 4 is 0 Å². The van der Waals surface area contributed by atoms with Crippen LogP contribution in [0.5, 0.6) is 0 Å². The molecular formula is C11H19N3O. The lowest BCUT2D eigenvalue weighted by atomic mass is 9.80. The number of nitrogens with one attached hydrogen (secondary N) is 1. The molecule has 0 atom stereocenters. The smallest absolute Gasteiger partial charge is 0.313 e. The number of hydrogen-bond donors (Lipinski definition) is 1. The molecule has 4 nitrogen and oxygen atoms in total. The van der Waals surface area contributed by atoms with Crippen molar-refractivity contribution in [2.24, 2.45) is 5.41 Å². The van der Waals surface area contributed by atoms with E-state index in [4.69, 9.17) is 0 Å². The standard InChI is InChI=1S/C11H19N3O/c1-11(3-6-13(2)7-4-11)9-14-8-5-12-10(14)15/h5,8H,3-4,6-7,9H2,1-2H3,(H,12,15). The Hall–Kier alpha value is -1.03. The Balaban J connectivity index is 2.05. The van der Waals surface area contributed by atoms with Crippen LogP contribution < -0.4 is 5.69 Å². The van der Waals surface area contributed by atoms with Gasteiger partial charge in [0.05, 0.1) is 0 Å². The third-order valence-electron chi connectivity index (χ3n) is 3.47. The molecule has 1 aliphatic rings. The predicted octanol–water partition coefficient (Wildman–Crippen LogP) is 0.908. The third kappa shape index (κ3) is 2.31. The minimum atomic E-state index is 0.00940. The maximum atomic E-state index is 11.4. The van der Waals surface area contributed by atoms with E-state index in [9.17, 15) is 4.79 Å². The van der Waals surface area contributed by atoms with Gasteiger partial charge in [0.2, 0.25) is 0 Å². The number of rotatable bonds is 2. The van der Waals surface area contributed by atoms with E-state index in [1.807, 2.05) is 6.20 Å². The monoisotopic (exact) mass is 209 g/mol. The van der Waals surface area contributed by atoms with Gasteiger partial charge in [-0.05, 0) is 38.4 Å². The van der Waals surface area contributed by atoms with E-state index in [1.54, 1.807) is 10.8 Å². The van der Waals surface area contributed by atoms with Gasteiger partial charge in [0.1, 0.15) is 0 Å². The van der Waals surface area contributed by atoms with Crippen molar-refractivity contribution < 1.29 is 0 Å². The van der Waals surface area contributed by atoms with Crippen molar-refractivity contribution in [3.63, 3.8) is 0 Å². The number of H-pyrrole nitrogens is 1. The predicted molar refractivity (Wildman–Crippen MR) is 59.9 cm³/mol. The zero-order valence-corrected chi connectivity index (χ0v) is 9.49. The van der Waals surface area contributed by atoms with Crippen molar-refractivity contribution in [3.8, 4) is 0 Å². The number of likely N-dealkylation sites (tertiary alicyclic amines) is 1. The molecule has 0 radical (unpaired) electrons. The third-order valence-corrected chi connectivity index (χ3v) is 3.47. The second kappa shape index (κ2) is 3.85. The Kier molecular flexibility index (Phi) is 2.69. The normalized spacial score (nSPS) is 21.7. The highest BCUT2D eigenvalue weighted by atomic mass is 16.1. The Bertz CT molecular complexity index is 371. The van der Waals surface area contributed by atoms with Crippen LogP contribution in [0.15, 0.2) is 17.2 Å². The first-order valence-corrected chi connectivity index (χ1v) is 5.51. The highest BCUT2D eigenvalue weighted by Gasteiger charge is 2.29. The summed E-state index contributed by atoms with van der Waals surface area (Å²) in [6.07, 6.45) is 5.88. The van der Waals surface area contributed by atoms with Crippen LogP contribution in [0.2, 0.25) is 0 Å². The van der Waals surface area contributed by atoms with Crippen LogP contribution >= 0.6 is 0 Å². The molecule has 0 saturated carbocycles. The lowest BCUT2D eigenvalue weighted by molar-refractivity contribution is 0.119. The number of aromatic nitrogens is 2. The number of piperidine rings is 1. The zero-order valence-electron chi connectivity index (χ0n) is 9.49. The van der Waals surface area contributed by atoms with Crippen molar-refractivity contribution in [2.75, 3.05) is 20.1 Å². The molecule has 1 aromatic rings. The molecule has 0 aromatic carbocycles. The first kappa shape index (κ1) is 10.5. The van der Waals surface area contributed by atoms with Gasteiger partial charge in [-0.1, -0.05) is 6.92 Å². The van der Waals surface area contributed by atoms with E-state index < -0.39 is 0 Å². The van der Waals surface area contributed by atoms with Crippen LogP contribution in [0.3, 0.4) is 0 Å². The average molecular weight is 209 g/mol. The fourth-order valence-electron chi connectivity index (χ4n) is 2.20. The van der Waals surface area contributed by atoms with E-state index in [1.165, 1.54) is 12.8 Å². The maximum Gasteiger partial charge on any atom is 0.325 e. The maximum absolute atomic E-state index is 11.4. The van der Waals surface area contributed by atoms with Gasteiger partial charge in [-0.2, -0.15) is 0 Å². The van der Waals surface area contributed by atoms with Gasteiger partial charge in [0.25, 0.3) is 0 Å². The highest BCUT2D eigenvalue weighted by Crippen LogP contribution is 2.31. The molecule has 1 fully saturated rings. The van der Waals surface area contributed by atoms with E-state index in [0.29, 0.717) is 0 Å². The van der Waals surface area contributed by atoms with Gasteiger partial charge in [-0.15, -0.1) is 0 Å². The lowest BCUT2D eigenvalue weighted by Crippen LogP contribution is -2.39. The Morgan fingerprint density at radius 3 is 2.67 bits per heavy atom. The molecule has 84 valence electrons. The molecule has 0 unspecified atom stereocenters. The molecule has 2 heterocycles. The summed E-state index contributed by atoms with van der Waals surface area (Å²) in [5, 5.41) is 0. The molecule has 2 rings (SSSR count). The molecule has 1 saturated heterocycles. The molecule has 0 amide bonds. The summed E-state index contributed by atoms with van der Waals surface area (Å²) in [6, 6.07) is 0. The Morgan fingerprint density at radius 2 is 2.13 bits per heavy atom. The summed E-state index contributed by atoms with van der Waals surface area (Å²) < 4.78 is 1.78. The summed E-state index contributed by atoms with van der Waals surface area (Å²) in [5.74, 6) is 0. The van der Waals surface area contributed by atoms with E-state index in [-0.39, 0.29) is 11.1 Å². The number of aromatic amines is 1. The molecule has 1 aromatic heterocycles. The van der Waals surface area contributed by atoms with Crippen LogP contribution in [0.1, 0.15) is 19.8 Å². The first-order valence-electron chi connectivity index (χ1n) is 5.51. The molecule has 1 aliphatic heterocycles. The minimum absolute atomic E-state index is 0.00940. The fourth-order valence-corrected chi connectivity index (χ4v) is 2.20. The second-order valence-corrected chi connectivity index (χ2v) is 5.01. The van der Waals surface area contributed by atoms with Crippen molar-refractivity contribution in [1.82, 2.24) is 14.5 Å². The van der Waals surface area contributed by atoms with Crippen LogP contribution in [-0.4, -0.2) is 34.6 Å². The van der Waals surface area contributed by atoms with Crippen molar-refractivity contribution in [3.05, 3.63) is 22.9 Å². The van der Waals surface area contributed by atoms with Gasteiger partial charge in [0, 0.05) is 18.9 Å². The molecule has 1 N–H and O–H groups in total. The number of hydrogen-bond acceptors (Lipinski definition) is 2. The largest absolute Gasteiger partial charge is 0.325 e. The quantitative estimate of drug-likeness (QED) is 0.786. The zero-order chi connectivity index (χ0) is 10.9. The average Bonchev–Trinajstić information content (AvgIpc) is 2.58. The first-order chi connectivity index (χ1) is 7.09. The van der Waals surface area contributed by atoms with Gasteiger partial charge >= 0.3 is 5.69 Å². The van der Waals surface area contributed by atoms with Crippen LogP contribution in [0, 0.1) is 5.41 Å². The van der Waals surface area contributed by atoms with Gasteiger partial charge < -0.3 is 9.88 Å². The topological polar surface area (TPSA) is 41.0 Å². The SMILES string of the molecule is CN1CCC(C)(Cn2cc[nH]c2=O)CC1. The molecule has 4 heteroatoms. The molecule has 0 aliphatic carbocycles. The number of nitrogens with zero attached hydrogens (tertiary/aromatic N) is 2. The minimum Gasteiger partial charge on any atom is -0.313 e. The van der Waals surface area contributed by atoms with Crippen LogP contribution in [0.4, 0.5) is 0 Å². The van der Waals surface area contributed by atoms with Gasteiger partial charge in [-0.25, -0.2) is 4.79 Å². The Morgan fingerprint density at radius 1 is 1.47 bits per heavy atom. The fraction of sp³-hybridized carbons (Fsp3) is 0.727. The summed E-state index contributed by atoms with van der Waals surface area (Å²) >= 11 is 0. The van der Waals surface area contributed by atoms with Crippen molar-refractivity contribution in [1.29, 1.82) is 0 Å². The summed E-state index contributed by atoms with van der Waals surface area (Å²) in [4.78, 5) is 16.4. The molecule has 0 bridgehead atoms. The van der Waals surface area contributed by atoms with Gasteiger partial charge in [0.15, 0.2) is 0 Å². The summed E-state index contributed by atoms with van der Waals surface area (Å²) in [7, 11) is 2.15. The number of imidazole rings is 1.